The number of carbonyl (C=O) groups excluding carboxylic acids is 1. The number of aliphatic hydroxyl groups is 1. The van der Waals surface area contributed by atoms with Gasteiger partial charge in [0, 0.05) is 17.0 Å². The maximum Gasteiger partial charge on any atom is 0.227 e. The molecule has 2 heterocycles. The highest BCUT2D eigenvalue weighted by Crippen LogP contribution is 2.29. The van der Waals surface area contributed by atoms with E-state index in [1.165, 1.54) is 24.1 Å². The van der Waals surface area contributed by atoms with Gasteiger partial charge in [-0.05, 0) is 42.0 Å². The van der Waals surface area contributed by atoms with Crippen LogP contribution in [0.4, 0.5) is 5.69 Å². The van der Waals surface area contributed by atoms with Crippen molar-refractivity contribution in [2.45, 2.75) is 70.6 Å². The van der Waals surface area contributed by atoms with Crippen LogP contribution in [-0.2, 0) is 16.1 Å². The van der Waals surface area contributed by atoms with E-state index in [2.05, 4.69) is 13.0 Å². The van der Waals surface area contributed by atoms with Crippen LogP contribution in [0.15, 0.2) is 41.8 Å². The number of ether oxygens (including phenoxy) is 1. The number of benzene rings is 1. The van der Waals surface area contributed by atoms with Gasteiger partial charge in [0.2, 0.25) is 5.91 Å². The van der Waals surface area contributed by atoms with Crippen molar-refractivity contribution in [3.63, 3.8) is 0 Å². The molecule has 0 radical (unpaired) electrons. The van der Waals surface area contributed by atoms with Crippen LogP contribution in [0.5, 0.6) is 0 Å². The Morgan fingerprint density at radius 2 is 2.04 bits per heavy atom. The molecule has 28 heavy (non-hydrogen) atoms. The zero-order chi connectivity index (χ0) is 19.8. The first kappa shape index (κ1) is 21.0. The molecule has 1 amide bonds. The van der Waals surface area contributed by atoms with Crippen LogP contribution in [0, 0.1) is 0 Å². The number of thiophene rings is 1. The summed E-state index contributed by atoms with van der Waals surface area (Å²) in [5.74, 6) is 0.151. The lowest BCUT2D eigenvalue weighted by Crippen LogP contribution is -2.36. The summed E-state index contributed by atoms with van der Waals surface area (Å²) in [6.45, 7) is 3.33. The van der Waals surface area contributed by atoms with Gasteiger partial charge in [-0.3, -0.25) is 4.79 Å². The quantitative estimate of drug-likeness (QED) is 0.508. The van der Waals surface area contributed by atoms with Crippen molar-refractivity contribution in [3.05, 3.63) is 52.2 Å². The van der Waals surface area contributed by atoms with Gasteiger partial charge in [-0.1, -0.05) is 50.8 Å². The van der Waals surface area contributed by atoms with Crippen molar-refractivity contribution in [1.82, 2.24) is 0 Å². The lowest BCUT2D eigenvalue weighted by molar-refractivity contribution is -0.117. The third-order valence-electron chi connectivity index (χ3n) is 5.35. The Kier molecular flexibility index (Phi) is 8.07. The number of hydrogen-bond acceptors (Lipinski definition) is 4. The smallest absolute Gasteiger partial charge is 0.227 e. The van der Waals surface area contributed by atoms with E-state index in [0.29, 0.717) is 19.6 Å². The van der Waals surface area contributed by atoms with E-state index in [9.17, 15) is 9.90 Å². The molecule has 1 aromatic heterocycles. The maximum absolute atomic E-state index is 12.4. The van der Waals surface area contributed by atoms with Gasteiger partial charge < -0.3 is 14.7 Å². The highest BCUT2D eigenvalue weighted by atomic mass is 32.1. The summed E-state index contributed by atoms with van der Waals surface area (Å²) in [7, 11) is 0. The first-order valence-electron chi connectivity index (χ1n) is 10.4. The molecule has 2 atom stereocenters. The zero-order valence-corrected chi connectivity index (χ0v) is 17.5. The molecule has 1 unspecified atom stereocenters. The SMILES string of the molecule is CCCCCCC(O)c1ccc(N2C(=O)CC[C@@H]2COCc2cccs2)cc1. The lowest BCUT2D eigenvalue weighted by atomic mass is 10.0. The van der Waals surface area contributed by atoms with Crippen LogP contribution < -0.4 is 4.90 Å². The fourth-order valence-electron chi connectivity index (χ4n) is 3.73. The van der Waals surface area contributed by atoms with Crippen molar-refractivity contribution in [2.75, 3.05) is 11.5 Å². The van der Waals surface area contributed by atoms with Crippen molar-refractivity contribution in [2.24, 2.45) is 0 Å². The molecule has 2 aromatic rings. The van der Waals surface area contributed by atoms with Crippen LogP contribution >= 0.6 is 11.3 Å². The molecule has 0 aliphatic carbocycles. The van der Waals surface area contributed by atoms with Gasteiger partial charge in [-0.25, -0.2) is 0 Å². The minimum absolute atomic E-state index is 0.0808. The number of rotatable bonds is 11. The van der Waals surface area contributed by atoms with Crippen molar-refractivity contribution in [1.29, 1.82) is 0 Å². The molecule has 1 N–H and O–H groups in total. The summed E-state index contributed by atoms with van der Waals surface area (Å²) in [6, 6.07) is 12.0. The first-order chi connectivity index (χ1) is 13.7. The molecule has 4 nitrogen and oxygen atoms in total. The predicted octanol–water partition coefficient (Wildman–Crippen LogP) is 5.46. The summed E-state index contributed by atoms with van der Waals surface area (Å²) in [5.41, 5.74) is 1.83. The first-order valence-corrected chi connectivity index (χ1v) is 11.3. The second kappa shape index (κ2) is 10.7. The molecule has 0 saturated carbocycles. The minimum atomic E-state index is -0.426. The standard InChI is InChI=1S/C23H31NO3S/c1-2-3-4-5-8-22(25)18-9-11-19(12-10-18)24-20(13-14-23(24)26)16-27-17-21-7-6-15-28-21/h6-7,9-12,15,20,22,25H,2-5,8,13-14,16-17H2,1H3/t20-,22?/m1/s1. The second-order valence-electron chi connectivity index (χ2n) is 7.51. The largest absolute Gasteiger partial charge is 0.388 e. The van der Waals surface area contributed by atoms with E-state index in [4.69, 9.17) is 4.74 Å². The molecule has 0 bridgehead atoms. The second-order valence-corrected chi connectivity index (χ2v) is 8.54. The Labute approximate surface area is 172 Å². The average Bonchev–Trinajstić information content (AvgIpc) is 3.35. The molecular weight excluding hydrogens is 370 g/mol. The lowest BCUT2D eigenvalue weighted by Gasteiger charge is -2.25. The summed E-state index contributed by atoms with van der Waals surface area (Å²) in [4.78, 5) is 15.5. The predicted molar refractivity (Wildman–Crippen MR) is 115 cm³/mol. The van der Waals surface area contributed by atoms with Gasteiger partial charge >= 0.3 is 0 Å². The molecule has 152 valence electrons. The third kappa shape index (κ3) is 5.66. The van der Waals surface area contributed by atoms with Gasteiger partial charge in [-0.2, -0.15) is 0 Å². The monoisotopic (exact) mass is 401 g/mol. The van der Waals surface area contributed by atoms with E-state index in [-0.39, 0.29) is 11.9 Å². The number of hydrogen-bond donors (Lipinski definition) is 1. The van der Waals surface area contributed by atoms with E-state index in [0.717, 1.165) is 30.5 Å². The Balaban J connectivity index is 1.55. The molecule has 5 heteroatoms. The van der Waals surface area contributed by atoms with Crippen LogP contribution in [0.2, 0.25) is 0 Å². The Morgan fingerprint density at radius 1 is 1.21 bits per heavy atom. The Hall–Kier alpha value is -1.69. The van der Waals surface area contributed by atoms with Crippen LogP contribution in [-0.4, -0.2) is 23.7 Å². The highest BCUT2D eigenvalue weighted by Gasteiger charge is 2.32. The van der Waals surface area contributed by atoms with E-state index < -0.39 is 6.10 Å². The fourth-order valence-corrected chi connectivity index (χ4v) is 4.37. The van der Waals surface area contributed by atoms with Gasteiger partial charge in [0.1, 0.15) is 0 Å². The molecule has 0 spiro atoms. The topological polar surface area (TPSA) is 49.8 Å². The molecule has 1 saturated heterocycles. The maximum atomic E-state index is 12.4. The van der Waals surface area contributed by atoms with Crippen LogP contribution in [0.1, 0.15) is 68.4 Å². The highest BCUT2D eigenvalue weighted by molar-refractivity contribution is 7.09. The number of amides is 1. The van der Waals surface area contributed by atoms with Gasteiger partial charge in [-0.15, -0.1) is 11.3 Å². The Morgan fingerprint density at radius 3 is 2.75 bits per heavy atom. The minimum Gasteiger partial charge on any atom is -0.388 e. The summed E-state index contributed by atoms with van der Waals surface area (Å²) < 4.78 is 5.86. The number of anilines is 1. The Bertz CT molecular complexity index is 714. The van der Waals surface area contributed by atoms with Crippen molar-refractivity contribution >= 4 is 22.9 Å². The zero-order valence-electron chi connectivity index (χ0n) is 16.7. The van der Waals surface area contributed by atoms with Crippen molar-refractivity contribution in [3.8, 4) is 0 Å². The van der Waals surface area contributed by atoms with E-state index >= 15 is 0 Å². The van der Waals surface area contributed by atoms with Crippen LogP contribution in [0.25, 0.3) is 0 Å². The number of aliphatic hydroxyl groups excluding tert-OH is 1. The number of nitrogens with zero attached hydrogens (tertiary/aromatic N) is 1. The summed E-state index contributed by atoms with van der Waals surface area (Å²) >= 11 is 1.69. The van der Waals surface area contributed by atoms with E-state index in [1.807, 2.05) is 40.6 Å². The molecule has 1 aliphatic heterocycles. The summed E-state index contributed by atoms with van der Waals surface area (Å²) in [6.07, 6.45) is 6.39. The van der Waals surface area contributed by atoms with Gasteiger partial charge in [0.15, 0.2) is 0 Å². The molecule has 3 rings (SSSR count). The normalized spacial score (nSPS) is 18.0. The molecule has 1 fully saturated rings. The van der Waals surface area contributed by atoms with Crippen molar-refractivity contribution < 1.29 is 14.6 Å². The number of unbranched alkanes of at least 4 members (excludes halogenated alkanes) is 3. The molecule has 1 aromatic carbocycles. The van der Waals surface area contributed by atoms with Gasteiger partial charge in [0.05, 0.1) is 25.4 Å². The average molecular weight is 402 g/mol. The van der Waals surface area contributed by atoms with Gasteiger partial charge in [0.25, 0.3) is 0 Å². The molecular formula is C23H31NO3S. The number of carbonyl (C=O) groups is 1. The third-order valence-corrected chi connectivity index (χ3v) is 6.20. The van der Waals surface area contributed by atoms with Crippen LogP contribution in [0.3, 0.4) is 0 Å². The molecule has 1 aliphatic rings. The fraction of sp³-hybridized carbons (Fsp3) is 0.522. The summed E-state index contributed by atoms with van der Waals surface area (Å²) in [5, 5.41) is 12.4. The van der Waals surface area contributed by atoms with E-state index in [1.54, 1.807) is 11.3 Å².